The van der Waals surface area contributed by atoms with Crippen LogP contribution in [0.5, 0.6) is 0 Å². The molecular formula is C11H17N3O2. The molecule has 1 saturated carbocycles. The summed E-state index contributed by atoms with van der Waals surface area (Å²) in [5.41, 5.74) is -0.826. The zero-order valence-electron chi connectivity index (χ0n) is 9.38. The highest BCUT2D eigenvalue weighted by molar-refractivity contribution is 5.33. The van der Waals surface area contributed by atoms with Crippen molar-refractivity contribution in [1.82, 2.24) is 9.97 Å². The molecule has 16 heavy (non-hydrogen) atoms. The maximum absolute atomic E-state index is 11.1. The molecule has 1 heterocycles. The standard InChI is InChI=1S/C11H17N3O2/c1-7-4-2-3-5-8(7)12-9-6-10(15)14-11(16)13-9/h6-8H,2-5H2,1H3,(H3,12,13,14,15,16)/t7-,8-/m0/s1. The van der Waals surface area contributed by atoms with Crippen molar-refractivity contribution in [3.63, 3.8) is 0 Å². The summed E-state index contributed by atoms with van der Waals surface area (Å²) in [6.07, 6.45) is 4.77. The van der Waals surface area contributed by atoms with Gasteiger partial charge in [-0.05, 0) is 18.8 Å². The minimum atomic E-state index is -0.460. The zero-order valence-corrected chi connectivity index (χ0v) is 9.38. The Morgan fingerprint density at radius 3 is 2.69 bits per heavy atom. The molecule has 1 aromatic heterocycles. The van der Waals surface area contributed by atoms with Crippen LogP contribution < -0.4 is 16.6 Å². The highest BCUT2D eigenvalue weighted by atomic mass is 16.2. The van der Waals surface area contributed by atoms with Crippen LogP contribution in [0.4, 0.5) is 5.82 Å². The van der Waals surface area contributed by atoms with Crippen molar-refractivity contribution in [1.29, 1.82) is 0 Å². The predicted molar refractivity (Wildman–Crippen MR) is 62.7 cm³/mol. The Balaban J connectivity index is 2.13. The molecule has 5 nitrogen and oxygen atoms in total. The van der Waals surface area contributed by atoms with Crippen LogP contribution in [0.1, 0.15) is 32.6 Å². The van der Waals surface area contributed by atoms with Crippen molar-refractivity contribution in [3.05, 3.63) is 26.9 Å². The number of nitrogens with one attached hydrogen (secondary N) is 3. The molecule has 3 N–H and O–H groups in total. The van der Waals surface area contributed by atoms with Crippen LogP contribution in [-0.4, -0.2) is 16.0 Å². The maximum atomic E-state index is 11.1. The highest BCUT2D eigenvalue weighted by Crippen LogP contribution is 2.25. The second-order valence-electron chi connectivity index (χ2n) is 4.51. The molecule has 1 fully saturated rings. The topological polar surface area (TPSA) is 77.8 Å². The number of rotatable bonds is 2. The molecule has 0 radical (unpaired) electrons. The van der Waals surface area contributed by atoms with Crippen molar-refractivity contribution in [2.24, 2.45) is 5.92 Å². The fraction of sp³-hybridized carbons (Fsp3) is 0.636. The maximum Gasteiger partial charge on any atom is 0.327 e. The van der Waals surface area contributed by atoms with Crippen LogP contribution in [0.25, 0.3) is 0 Å². The van der Waals surface area contributed by atoms with Gasteiger partial charge in [0.05, 0.1) is 0 Å². The lowest BCUT2D eigenvalue weighted by molar-refractivity contribution is 0.349. The SMILES string of the molecule is C[C@H]1CCCC[C@@H]1Nc1cc(=O)[nH]c(=O)[nH]1. The van der Waals surface area contributed by atoms with E-state index in [0.717, 1.165) is 6.42 Å². The van der Waals surface area contributed by atoms with Crippen molar-refractivity contribution >= 4 is 5.82 Å². The first-order valence-electron chi connectivity index (χ1n) is 5.75. The van der Waals surface area contributed by atoms with Gasteiger partial charge in [0.1, 0.15) is 5.82 Å². The first-order chi connectivity index (χ1) is 7.65. The van der Waals surface area contributed by atoms with Gasteiger partial charge in [0.2, 0.25) is 0 Å². The van der Waals surface area contributed by atoms with Crippen LogP contribution in [0.2, 0.25) is 0 Å². The number of hydrogen-bond donors (Lipinski definition) is 3. The van der Waals surface area contributed by atoms with Gasteiger partial charge in [0.25, 0.3) is 5.56 Å². The van der Waals surface area contributed by atoms with E-state index in [1.807, 2.05) is 0 Å². The Morgan fingerprint density at radius 2 is 2.00 bits per heavy atom. The first-order valence-corrected chi connectivity index (χ1v) is 5.75. The van der Waals surface area contributed by atoms with Gasteiger partial charge < -0.3 is 5.32 Å². The second kappa shape index (κ2) is 4.55. The third-order valence-electron chi connectivity index (χ3n) is 3.21. The summed E-state index contributed by atoms with van der Waals surface area (Å²) < 4.78 is 0. The third kappa shape index (κ3) is 2.53. The van der Waals surface area contributed by atoms with Crippen LogP contribution in [0, 0.1) is 5.92 Å². The van der Waals surface area contributed by atoms with Crippen molar-refractivity contribution < 1.29 is 0 Å². The van der Waals surface area contributed by atoms with Gasteiger partial charge in [-0.1, -0.05) is 19.8 Å². The molecular weight excluding hydrogens is 206 g/mol. The van der Waals surface area contributed by atoms with Crippen LogP contribution in [-0.2, 0) is 0 Å². The highest BCUT2D eigenvalue weighted by Gasteiger charge is 2.21. The van der Waals surface area contributed by atoms with E-state index in [2.05, 4.69) is 22.2 Å². The summed E-state index contributed by atoms with van der Waals surface area (Å²) in [5.74, 6) is 1.10. The van der Waals surface area contributed by atoms with Crippen molar-refractivity contribution in [2.45, 2.75) is 38.6 Å². The fourth-order valence-electron chi connectivity index (χ4n) is 2.28. The molecule has 88 valence electrons. The molecule has 0 spiro atoms. The summed E-state index contributed by atoms with van der Waals surface area (Å²) in [5, 5.41) is 3.24. The number of H-pyrrole nitrogens is 2. The van der Waals surface area contributed by atoms with Gasteiger partial charge in [-0.3, -0.25) is 14.8 Å². The molecule has 5 heteroatoms. The van der Waals surface area contributed by atoms with E-state index < -0.39 is 5.69 Å². The normalized spacial score (nSPS) is 25.3. The largest absolute Gasteiger partial charge is 0.368 e. The summed E-state index contributed by atoms with van der Waals surface area (Å²) in [6, 6.07) is 1.74. The zero-order chi connectivity index (χ0) is 11.5. The number of hydrogen-bond acceptors (Lipinski definition) is 3. The molecule has 2 rings (SSSR count). The van der Waals surface area contributed by atoms with E-state index in [0.29, 0.717) is 17.8 Å². The van der Waals surface area contributed by atoms with E-state index in [4.69, 9.17) is 0 Å². The lowest BCUT2D eigenvalue weighted by Crippen LogP contribution is -2.32. The molecule has 0 amide bonds. The molecule has 0 aromatic carbocycles. The Kier molecular flexibility index (Phi) is 3.12. The average Bonchev–Trinajstić information content (AvgIpc) is 2.20. The van der Waals surface area contributed by atoms with Gasteiger partial charge >= 0.3 is 5.69 Å². The fourth-order valence-corrected chi connectivity index (χ4v) is 2.28. The summed E-state index contributed by atoms with van der Waals surface area (Å²) >= 11 is 0. The first kappa shape index (κ1) is 11.0. The Labute approximate surface area is 93.3 Å². The summed E-state index contributed by atoms with van der Waals surface area (Å²) in [7, 11) is 0. The number of anilines is 1. The second-order valence-corrected chi connectivity index (χ2v) is 4.51. The Hall–Kier alpha value is -1.52. The quantitative estimate of drug-likeness (QED) is 0.701. The van der Waals surface area contributed by atoms with Crippen LogP contribution in [0.3, 0.4) is 0 Å². The van der Waals surface area contributed by atoms with Gasteiger partial charge in [0.15, 0.2) is 0 Å². The van der Waals surface area contributed by atoms with Crippen LogP contribution in [0.15, 0.2) is 15.7 Å². The third-order valence-corrected chi connectivity index (χ3v) is 3.21. The molecule has 1 aromatic rings. The minimum absolute atomic E-state index is 0.353. The summed E-state index contributed by atoms with van der Waals surface area (Å²) in [4.78, 5) is 26.9. The van der Waals surface area contributed by atoms with E-state index >= 15 is 0 Å². The molecule has 0 bridgehead atoms. The van der Waals surface area contributed by atoms with E-state index in [-0.39, 0.29) is 5.56 Å². The monoisotopic (exact) mass is 223 g/mol. The number of aromatic nitrogens is 2. The van der Waals surface area contributed by atoms with Crippen LogP contribution >= 0.6 is 0 Å². The Bertz CT molecular complexity index is 435. The average molecular weight is 223 g/mol. The molecule has 1 aliphatic rings. The molecule has 0 unspecified atom stereocenters. The summed E-state index contributed by atoms with van der Waals surface area (Å²) in [6.45, 7) is 2.20. The van der Waals surface area contributed by atoms with Gasteiger partial charge in [0, 0.05) is 12.1 Å². The Morgan fingerprint density at radius 1 is 1.25 bits per heavy atom. The number of aromatic amines is 2. The van der Waals surface area contributed by atoms with Gasteiger partial charge in [-0.15, -0.1) is 0 Å². The van der Waals surface area contributed by atoms with E-state index in [9.17, 15) is 9.59 Å². The van der Waals surface area contributed by atoms with E-state index in [1.54, 1.807) is 0 Å². The molecule has 2 atom stereocenters. The van der Waals surface area contributed by atoms with Crippen molar-refractivity contribution in [2.75, 3.05) is 5.32 Å². The minimum Gasteiger partial charge on any atom is -0.368 e. The molecule has 0 aliphatic heterocycles. The smallest absolute Gasteiger partial charge is 0.327 e. The lowest BCUT2D eigenvalue weighted by Gasteiger charge is -2.29. The van der Waals surface area contributed by atoms with Gasteiger partial charge in [-0.25, -0.2) is 4.79 Å². The molecule has 0 saturated heterocycles. The lowest BCUT2D eigenvalue weighted by atomic mass is 9.86. The van der Waals surface area contributed by atoms with E-state index in [1.165, 1.54) is 25.3 Å². The van der Waals surface area contributed by atoms with Gasteiger partial charge in [-0.2, -0.15) is 0 Å². The van der Waals surface area contributed by atoms with Crippen molar-refractivity contribution in [3.8, 4) is 0 Å². The molecule has 1 aliphatic carbocycles. The predicted octanol–water partition coefficient (Wildman–Crippen LogP) is 1.05.